The van der Waals surface area contributed by atoms with Crippen LogP contribution in [-0.4, -0.2) is 27.8 Å². The van der Waals surface area contributed by atoms with Gasteiger partial charge in [0, 0.05) is 10.9 Å². The van der Waals surface area contributed by atoms with E-state index in [1.54, 1.807) is 31.2 Å². The van der Waals surface area contributed by atoms with Crippen LogP contribution in [0.3, 0.4) is 0 Å². The summed E-state index contributed by atoms with van der Waals surface area (Å²) < 4.78 is 6.13. The minimum absolute atomic E-state index is 0.141. The van der Waals surface area contributed by atoms with Crippen LogP contribution in [0.1, 0.15) is 16.1 Å². The summed E-state index contributed by atoms with van der Waals surface area (Å²) >= 11 is 1.35. The molecular formula is C25H19N5O3S. The molecule has 0 aliphatic carbocycles. The molecule has 3 aromatic carbocycles. The highest BCUT2D eigenvalue weighted by molar-refractivity contribution is 7.12. The van der Waals surface area contributed by atoms with Gasteiger partial charge in [0.25, 0.3) is 0 Å². The van der Waals surface area contributed by atoms with Crippen molar-refractivity contribution in [2.24, 2.45) is 10.2 Å². The van der Waals surface area contributed by atoms with Crippen molar-refractivity contribution in [3.05, 3.63) is 93.7 Å². The van der Waals surface area contributed by atoms with Gasteiger partial charge >= 0.3 is 11.5 Å². The van der Waals surface area contributed by atoms with Gasteiger partial charge in [0.1, 0.15) is 5.69 Å². The molecule has 168 valence electrons. The summed E-state index contributed by atoms with van der Waals surface area (Å²) in [5.41, 5.74) is 2.62. The smallest absolute Gasteiger partial charge is 0.340 e. The number of thiazole rings is 1. The Morgan fingerprint density at radius 1 is 1.03 bits per heavy atom. The van der Waals surface area contributed by atoms with E-state index in [-0.39, 0.29) is 16.8 Å². The highest BCUT2D eigenvalue weighted by atomic mass is 32.1. The minimum atomic E-state index is -0.526. The van der Waals surface area contributed by atoms with E-state index >= 15 is 0 Å². The number of esters is 1. The van der Waals surface area contributed by atoms with Gasteiger partial charge < -0.3 is 4.74 Å². The van der Waals surface area contributed by atoms with Gasteiger partial charge in [-0.05, 0) is 35.9 Å². The van der Waals surface area contributed by atoms with E-state index in [1.807, 2.05) is 23.6 Å². The maximum Gasteiger partial charge on any atom is 0.340 e. The summed E-state index contributed by atoms with van der Waals surface area (Å²) in [5, 5.41) is 16.0. The van der Waals surface area contributed by atoms with Crippen LogP contribution in [0.5, 0.6) is 0 Å². The average molecular weight is 470 g/mol. The van der Waals surface area contributed by atoms with Gasteiger partial charge in [-0.25, -0.2) is 9.78 Å². The standard InChI is InChI=1S/C25H19N5O3S/c1-15-22(28-27-20-10-6-5-9-19(20)24(32)33-2)23(31)30(29-15)25-26-21(14-34-25)18-12-11-16-7-3-4-8-17(16)13-18/h3-14,29H,1-2H3. The number of rotatable bonds is 5. The quantitative estimate of drug-likeness (QED) is 0.254. The first-order chi connectivity index (χ1) is 16.5. The van der Waals surface area contributed by atoms with Crippen molar-refractivity contribution in [1.82, 2.24) is 14.8 Å². The second-order valence-corrected chi connectivity index (χ2v) is 8.35. The lowest BCUT2D eigenvalue weighted by atomic mass is 10.1. The third-order valence-corrected chi connectivity index (χ3v) is 6.16. The van der Waals surface area contributed by atoms with Crippen LogP contribution in [0, 0.1) is 6.92 Å². The minimum Gasteiger partial charge on any atom is -0.465 e. The number of H-pyrrole nitrogens is 1. The number of azo groups is 1. The molecule has 5 rings (SSSR count). The maximum absolute atomic E-state index is 13.1. The Kier molecular flexibility index (Phi) is 5.60. The van der Waals surface area contributed by atoms with E-state index in [9.17, 15) is 9.59 Å². The molecule has 1 N–H and O–H groups in total. The number of methoxy groups -OCH3 is 1. The Morgan fingerprint density at radius 3 is 2.62 bits per heavy atom. The third-order valence-electron chi connectivity index (χ3n) is 5.34. The van der Waals surface area contributed by atoms with Crippen LogP contribution < -0.4 is 5.56 Å². The molecule has 8 nitrogen and oxygen atoms in total. The van der Waals surface area contributed by atoms with Gasteiger partial charge in [0.05, 0.1) is 24.1 Å². The summed E-state index contributed by atoms with van der Waals surface area (Å²) in [7, 11) is 1.30. The molecule has 0 aliphatic heterocycles. The zero-order chi connectivity index (χ0) is 23.7. The molecule has 0 bridgehead atoms. The zero-order valence-electron chi connectivity index (χ0n) is 18.4. The molecular weight excluding hydrogens is 450 g/mol. The highest BCUT2D eigenvalue weighted by Crippen LogP contribution is 2.28. The molecule has 0 saturated heterocycles. The molecule has 34 heavy (non-hydrogen) atoms. The molecule has 0 saturated carbocycles. The molecule has 0 unspecified atom stereocenters. The summed E-state index contributed by atoms with van der Waals surface area (Å²) in [6.07, 6.45) is 0. The number of fused-ring (bicyclic) bond motifs is 1. The lowest BCUT2D eigenvalue weighted by Crippen LogP contribution is -2.13. The Balaban J connectivity index is 1.47. The van der Waals surface area contributed by atoms with Crippen LogP contribution in [0.2, 0.25) is 0 Å². The largest absolute Gasteiger partial charge is 0.465 e. The van der Waals surface area contributed by atoms with Gasteiger partial charge in [-0.2, -0.15) is 4.68 Å². The molecule has 0 aliphatic rings. The van der Waals surface area contributed by atoms with Crippen molar-refractivity contribution in [1.29, 1.82) is 0 Å². The van der Waals surface area contributed by atoms with Crippen molar-refractivity contribution in [2.45, 2.75) is 6.92 Å². The average Bonchev–Trinajstić information content (AvgIpc) is 3.46. The number of aromatic amines is 1. The molecule has 0 atom stereocenters. The van der Waals surface area contributed by atoms with Gasteiger partial charge in [0.2, 0.25) is 5.13 Å². The lowest BCUT2D eigenvalue weighted by Gasteiger charge is -2.01. The fourth-order valence-corrected chi connectivity index (χ4v) is 4.38. The first-order valence-electron chi connectivity index (χ1n) is 10.4. The normalized spacial score (nSPS) is 11.4. The fourth-order valence-electron chi connectivity index (χ4n) is 3.59. The highest BCUT2D eigenvalue weighted by Gasteiger charge is 2.16. The predicted octanol–water partition coefficient (Wildman–Crippen LogP) is 5.95. The second-order valence-electron chi connectivity index (χ2n) is 7.51. The van der Waals surface area contributed by atoms with E-state index in [0.717, 1.165) is 22.0 Å². The first-order valence-corrected chi connectivity index (χ1v) is 11.3. The van der Waals surface area contributed by atoms with Crippen LogP contribution >= 0.6 is 11.3 Å². The number of hydrogen-bond donors (Lipinski definition) is 1. The fraction of sp³-hybridized carbons (Fsp3) is 0.0800. The Labute approximate surface area is 198 Å². The topological polar surface area (TPSA) is 102 Å². The summed E-state index contributed by atoms with van der Waals surface area (Å²) in [6.45, 7) is 1.73. The molecule has 0 amide bonds. The Hall–Kier alpha value is -4.37. The van der Waals surface area contributed by atoms with Crippen molar-refractivity contribution >= 4 is 39.5 Å². The third kappa shape index (κ3) is 3.93. The van der Waals surface area contributed by atoms with Crippen molar-refractivity contribution in [3.8, 4) is 16.4 Å². The van der Waals surface area contributed by atoms with Crippen molar-refractivity contribution < 1.29 is 9.53 Å². The Morgan fingerprint density at radius 2 is 1.79 bits per heavy atom. The number of nitrogens with zero attached hydrogens (tertiary/aromatic N) is 4. The number of aromatic nitrogens is 3. The molecule has 2 heterocycles. The molecule has 2 aromatic heterocycles. The summed E-state index contributed by atoms with van der Waals surface area (Å²) in [5.74, 6) is -0.526. The van der Waals surface area contributed by atoms with Crippen molar-refractivity contribution in [3.63, 3.8) is 0 Å². The van der Waals surface area contributed by atoms with E-state index in [0.29, 0.717) is 16.5 Å². The molecule has 9 heteroatoms. The number of aryl methyl sites for hydroxylation is 1. The van der Waals surface area contributed by atoms with Crippen LogP contribution in [0.25, 0.3) is 27.2 Å². The molecule has 0 fully saturated rings. The summed E-state index contributed by atoms with van der Waals surface area (Å²) in [6, 6.07) is 20.9. The van der Waals surface area contributed by atoms with Gasteiger partial charge in [-0.3, -0.25) is 9.89 Å². The van der Waals surface area contributed by atoms with E-state index in [2.05, 4.69) is 44.6 Å². The number of ether oxygens (including phenoxy) is 1. The van der Waals surface area contributed by atoms with E-state index < -0.39 is 5.97 Å². The number of carbonyl (C=O) groups is 1. The Bertz CT molecular complexity index is 1610. The van der Waals surface area contributed by atoms with E-state index in [1.165, 1.54) is 23.1 Å². The molecule has 0 radical (unpaired) electrons. The van der Waals surface area contributed by atoms with Crippen LogP contribution in [-0.2, 0) is 4.74 Å². The number of nitrogens with one attached hydrogen (secondary N) is 1. The van der Waals surface area contributed by atoms with Crippen LogP contribution in [0.15, 0.2) is 87.1 Å². The van der Waals surface area contributed by atoms with Crippen LogP contribution in [0.4, 0.5) is 11.4 Å². The number of hydrogen-bond acceptors (Lipinski definition) is 7. The molecule has 5 aromatic rings. The van der Waals surface area contributed by atoms with E-state index in [4.69, 9.17) is 4.74 Å². The first kappa shape index (κ1) is 21.5. The monoisotopic (exact) mass is 469 g/mol. The van der Waals surface area contributed by atoms with Gasteiger partial charge in [-0.1, -0.05) is 48.5 Å². The summed E-state index contributed by atoms with van der Waals surface area (Å²) in [4.78, 5) is 29.7. The predicted molar refractivity (Wildman–Crippen MR) is 132 cm³/mol. The zero-order valence-corrected chi connectivity index (χ0v) is 19.2. The molecule has 0 spiro atoms. The number of carbonyl (C=O) groups excluding carboxylic acids is 1. The second kappa shape index (κ2) is 8.87. The maximum atomic E-state index is 13.1. The number of benzene rings is 3. The van der Waals surface area contributed by atoms with Crippen molar-refractivity contribution in [2.75, 3.05) is 7.11 Å². The van der Waals surface area contributed by atoms with Gasteiger partial charge in [-0.15, -0.1) is 21.6 Å². The lowest BCUT2D eigenvalue weighted by molar-refractivity contribution is 0.0601. The SMILES string of the molecule is COC(=O)c1ccccc1N=Nc1c(C)[nH]n(-c2nc(-c3ccc4ccccc4c3)cs2)c1=O. The van der Waals surface area contributed by atoms with Gasteiger partial charge in [0.15, 0.2) is 5.69 Å².